The number of carboxylic acids is 1. The monoisotopic (exact) mass is 360 g/mol. The second-order valence-electron chi connectivity index (χ2n) is 7.82. The van der Waals surface area contributed by atoms with Gasteiger partial charge in [-0.1, -0.05) is 57.1 Å². The molecule has 26 heavy (non-hydrogen) atoms. The maximum Gasteiger partial charge on any atom is 0.306 e. The quantitative estimate of drug-likeness (QED) is 0.543. The first-order chi connectivity index (χ1) is 12.4. The van der Waals surface area contributed by atoms with Crippen LogP contribution in [0.25, 0.3) is 0 Å². The molecule has 0 saturated heterocycles. The van der Waals surface area contributed by atoms with Crippen molar-refractivity contribution in [3.63, 3.8) is 0 Å². The van der Waals surface area contributed by atoms with Gasteiger partial charge in [0.2, 0.25) is 0 Å². The number of unbranched alkanes of at least 4 members (excludes halogenated alkanes) is 1. The number of aliphatic hydroxyl groups is 1. The van der Waals surface area contributed by atoms with Crippen molar-refractivity contribution in [3.8, 4) is 0 Å². The van der Waals surface area contributed by atoms with E-state index < -0.39 is 12.1 Å². The van der Waals surface area contributed by atoms with Crippen LogP contribution in [0.3, 0.4) is 0 Å². The zero-order chi connectivity index (χ0) is 19.1. The lowest BCUT2D eigenvalue weighted by Crippen LogP contribution is -2.17. The van der Waals surface area contributed by atoms with Crippen LogP contribution in [0.1, 0.15) is 52.4 Å². The Labute approximate surface area is 156 Å². The van der Waals surface area contributed by atoms with Crippen molar-refractivity contribution in [2.75, 3.05) is 0 Å². The fraction of sp³-hybridized carbons (Fsp3) is 0.636. The Hall–Kier alpha value is -1.68. The molecule has 2 aliphatic rings. The molecule has 2 unspecified atom stereocenters. The second kappa shape index (κ2) is 9.86. The molecule has 1 fully saturated rings. The van der Waals surface area contributed by atoms with Crippen LogP contribution in [0.15, 0.2) is 36.5 Å². The molecule has 0 aromatic heterocycles. The topological polar surface area (TPSA) is 74.6 Å². The summed E-state index contributed by atoms with van der Waals surface area (Å²) in [5.74, 6) is -0.324. The van der Waals surface area contributed by atoms with E-state index in [2.05, 4.69) is 13.8 Å². The van der Waals surface area contributed by atoms with E-state index in [1.165, 1.54) is 0 Å². The van der Waals surface area contributed by atoms with Gasteiger partial charge in [-0.25, -0.2) is 0 Å². The molecule has 0 aliphatic heterocycles. The average Bonchev–Trinajstić information content (AvgIpc) is 3.32. The molecule has 6 atom stereocenters. The Balaban J connectivity index is 1.79. The Morgan fingerprint density at radius 3 is 2.73 bits per heavy atom. The van der Waals surface area contributed by atoms with Crippen LogP contribution in [-0.4, -0.2) is 28.1 Å². The molecule has 0 amide bonds. The molecule has 0 heterocycles. The number of aliphatic hydroxyl groups excluding tert-OH is 1. The Morgan fingerprint density at radius 1 is 1.35 bits per heavy atom. The van der Waals surface area contributed by atoms with Crippen LogP contribution in [0.2, 0.25) is 0 Å². The van der Waals surface area contributed by atoms with Gasteiger partial charge in [0.25, 0.3) is 0 Å². The summed E-state index contributed by atoms with van der Waals surface area (Å²) in [5, 5.41) is 19.2. The maximum absolute atomic E-state index is 12.1. The van der Waals surface area contributed by atoms with E-state index in [0.717, 1.165) is 32.1 Å². The number of rotatable bonds is 11. The van der Waals surface area contributed by atoms with Gasteiger partial charge in [-0.05, 0) is 43.6 Å². The predicted octanol–water partition coefficient (Wildman–Crippen LogP) is 4.16. The van der Waals surface area contributed by atoms with Crippen LogP contribution in [0.5, 0.6) is 0 Å². The lowest BCUT2D eigenvalue weighted by atomic mass is 9.89. The molecule has 0 aromatic carbocycles. The van der Waals surface area contributed by atoms with Crippen molar-refractivity contribution in [1.82, 2.24) is 0 Å². The van der Waals surface area contributed by atoms with Gasteiger partial charge in [0, 0.05) is 11.8 Å². The van der Waals surface area contributed by atoms with Crippen LogP contribution in [0.4, 0.5) is 0 Å². The molecule has 0 radical (unpaired) electrons. The third kappa shape index (κ3) is 5.94. The summed E-state index contributed by atoms with van der Waals surface area (Å²) in [7, 11) is 0. The standard InChI is InChI=1S/C22H32O4/c1-3-4-7-15(2)20(23)12-10-16-11-13-21(24)18(16)9-6-5-8-17-14-19(17)22(25)26/h5-6,10-13,15-20,23H,3-4,7-9,14H2,1-2H3,(H,25,26)/t15-,16-,17?,18+,19?,20+/m0/s1. The fourth-order valence-electron chi connectivity index (χ4n) is 3.58. The van der Waals surface area contributed by atoms with Crippen molar-refractivity contribution in [2.24, 2.45) is 29.6 Å². The van der Waals surface area contributed by atoms with Gasteiger partial charge >= 0.3 is 5.97 Å². The van der Waals surface area contributed by atoms with Gasteiger partial charge in [-0.2, -0.15) is 0 Å². The summed E-state index contributed by atoms with van der Waals surface area (Å²) < 4.78 is 0. The number of carboxylic acid groups (broad SMARTS) is 1. The highest BCUT2D eigenvalue weighted by Crippen LogP contribution is 2.41. The maximum atomic E-state index is 12.1. The van der Waals surface area contributed by atoms with Gasteiger partial charge in [-0.15, -0.1) is 0 Å². The lowest BCUT2D eigenvalue weighted by Gasteiger charge is -2.17. The number of ketones is 1. The van der Waals surface area contributed by atoms with Crippen molar-refractivity contribution in [2.45, 2.75) is 58.5 Å². The zero-order valence-corrected chi connectivity index (χ0v) is 15.9. The molecule has 2 N–H and O–H groups in total. The zero-order valence-electron chi connectivity index (χ0n) is 15.9. The minimum atomic E-state index is -0.699. The van der Waals surface area contributed by atoms with Gasteiger partial charge in [0.15, 0.2) is 5.78 Å². The summed E-state index contributed by atoms with van der Waals surface area (Å²) in [6.45, 7) is 4.20. The highest BCUT2D eigenvalue weighted by atomic mass is 16.4. The smallest absolute Gasteiger partial charge is 0.306 e. The van der Waals surface area contributed by atoms with Crippen molar-refractivity contribution in [3.05, 3.63) is 36.5 Å². The molecule has 0 aromatic rings. The normalized spacial score (nSPS) is 30.3. The number of carbonyl (C=O) groups excluding carboxylic acids is 1. The summed E-state index contributed by atoms with van der Waals surface area (Å²) in [4.78, 5) is 22.9. The Morgan fingerprint density at radius 2 is 2.08 bits per heavy atom. The molecular weight excluding hydrogens is 328 g/mol. The molecule has 1 saturated carbocycles. The highest BCUT2D eigenvalue weighted by Gasteiger charge is 2.41. The van der Waals surface area contributed by atoms with Crippen LogP contribution in [0, 0.1) is 29.6 Å². The third-order valence-corrected chi connectivity index (χ3v) is 5.67. The molecule has 0 spiro atoms. The van der Waals surface area contributed by atoms with Gasteiger partial charge in [-0.3, -0.25) is 9.59 Å². The van der Waals surface area contributed by atoms with E-state index in [4.69, 9.17) is 5.11 Å². The minimum absolute atomic E-state index is 0.0351. The molecule has 144 valence electrons. The predicted molar refractivity (Wildman–Crippen MR) is 103 cm³/mol. The van der Waals surface area contributed by atoms with E-state index >= 15 is 0 Å². The Kier molecular flexibility index (Phi) is 7.83. The van der Waals surface area contributed by atoms with Gasteiger partial charge in [0.05, 0.1) is 12.0 Å². The number of allylic oxidation sites excluding steroid dienone is 5. The first-order valence-corrected chi connectivity index (χ1v) is 9.90. The molecule has 2 rings (SSSR count). The fourth-order valence-corrected chi connectivity index (χ4v) is 3.58. The molecule has 0 bridgehead atoms. The van der Waals surface area contributed by atoms with E-state index in [9.17, 15) is 14.7 Å². The van der Waals surface area contributed by atoms with Crippen LogP contribution in [-0.2, 0) is 9.59 Å². The molecular formula is C22H32O4. The lowest BCUT2D eigenvalue weighted by molar-refractivity contribution is -0.138. The Bertz CT molecular complexity index is 575. The SMILES string of the molecule is CCCC[C@H](C)[C@H](O)C=C[C@H]1C=CC(=O)[C@@H]1CC=CCC1CC1C(=O)O. The van der Waals surface area contributed by atoms with Crippen molar-refractivity contribution >= 4 is 11.8 Å². The summed E-state index contributed by atoms with van der Waals surface area (Å²) in [5.41, 5.74) is 0. The van der Waals surface area contributed by atoms with Crippen LogP contribution >= 0.6 is 0 Å². The van der Waals surface area contributed by atoms with E-state index in [0.29, 0.717) is 6.42 Å². The summed E-state index contributed by atoms with van der Waals surface area (Å²) >= 11 is 0. The third-order valence-electron chi connectivity index (χ3n) is 5.67. The molecule has 2 aliphatic carbocycles. The summed E-state index contributed by atoms with van der Waals surface area (Å²) in [6, 6.07) is 0. The largest absolute Gasteiger partial charge is 0.481 e. The second-order valence-corrected chi connectivity index (χ2v) is 7.82. The number of hydrogen-bond donors (Lipinski definition) is 2. The average molecular weight is 360 g/mol. The number of carbonyl (C=O) groups is 2. The first kappa shape index (κ1) is 20.6. The number of hydrogen-bond acceptors (Lipinski definition) is 3. The summed E-state index contributed by atoms with van der Waals surface area (Å²) in [6.07, 6.45) is 16.4. The highest BCUT2D eigenvalue weighted by molar-refractivity contribution is 5.95. The van der Waals surface area contributed by atoms with Crippen molar-refractivity contribution < 1.29 is 19.8 Å². The number of aliphatic carboxylic acids is 1. The van der Waals surface area contributed by atoms with Gasteiger partial charge in [0.1, 0.15) is 0 Å². The minimum Gasteiger partial charge on any atom is -0.481 e. The van der Waals surface area contributed by atoms with E-state index in [1.54, 1.807) is 6.08 Å². The molecule has 4 nitrogen and oxygen atoms in total. The van der Waals surface area contributed by atoms with Gasteiger partial charge < -0.3 is 10.2 Å². The van der Waals surface area contributed by atoms with Crippen molar-refractivity contribution in [1.29, 1.82) is 0 Å². The van der Waals surface area contributed by atoms with E-state index in [-0.39, 0.29) is 35.4 Å². The van der Waals surface area contributed by atoms with Crippen LogP contribution < -0.4 is 0 Å². The van der Waals surface area contributed by atoms with E-state index in [1.807, 2.05) is 30.4 Å². The first-order valence-electron chi connectivity index (χ1n) is 9.90. The molecule has 4 heteroatoms.